The minimum absolute atomic E-state index is 0.0441. The van der Waals surface area contributed by atoms with Crippen LogP contribution in [0.4, 0.5) is 0 Å². The van der Waals surface area contributed by atoms with Crippen molar-refractivity contribution in [3.63, 3.8) is 0 Å². The fraction of sp³-hybridized carbons (Fsp3) is 0.837. The fourth-order valence-corrected chi connectivity index (χ4v) is 13.9. The number of ether oxygens (including phenoxy) is 6. The molecule has 308 valence electrons. The smallest absolute Gasteiger partial charge is 0.311 e. The van der Waals surface area contributed by atoms with Crippen LogP contribution in [0.3, 0.4) is 0 Å². The molecule has 55 heavy (non-hydrogen) atoms. The van der Waals surface area contributed by atoms with E-state index in [1.54, 1.807) is 0 Å². The van der Waals surface area contributed by atoms with E-state index in [2.05, 4.69) is 64.1 Å². The molecule has 1 heterocycles. The van der Waals surface area contributed by atoms with E-state index in [9.17, 15) is 24.0 Å². The van der Waals surface area contributed by atoms with Crippen molar-refractivity contribution in [1.29, 1.82) is 0 Å². The third kappa shape index (κ3) is 6.91. The molecular formula is C43H63IO11. The molecule has 4 saturated carbocycles. The standard InChI is InChI=1S/C43H63IO11/c1-23(45)51-22-29-33(52-24(2)46)34(53-25(3)47)32(44)36(54-29)55-31-13-14-41(8)30(38(31,4)5)12-15-43(10)35(41)28(48)20-26-27-21-40(7,37(49)50-11)17-16-39(27,6)18-19-42(26,43)9/h20,27,29-36H,12-19,21-22H2,1-11H3/t27-,29+,30-,31-,32-,33-,34+,35+,36+,39+,40-,41-,42+,43+/m0/s1. The van der Waals surface area contributed by atoms with Crippen LogP contribution in [-0.4, -0.2) is 78.0 Å². The Bertz CT molecular complexity index is 1620. The molecule has 0 bridgehead atoms. The van der Waals surface area contributed by atoms with Gasteiger partial charge in [0.1, 0.15) is 16.6 Å². The number of ketones is 1. The maximum absolute atomic E-state index is 14.9. The average molecular weight is 883 g/mol. The van der Waals surface area contributed by atoms with Crippen LogP contribution in [0.25, 0.3) is 0 Å². The number of carbonyl (C=O) groups is 5. The molecule has 12 heteroatoms. The van der Waals surface area contributed by atoms with E-state index in [4.69, 9.17) is 28.4 Å². The lowest BCUT2D eigenvalue weighted by Crippen LogP contribution is -2.67. The van der Waals surface area contributed by atoms with Gasteiger partial charge in [0.15, 0.2) is 24.3 Å². The van der Waals surface area contributed by atoms with Crippen LogP contribution in [0, 0.1) is 50.2 Å². The van der Waals surface area contributed by atoms with Gasteiger partial charge >= 0.3 is 23.9 Å². The highest BCUT2D eigenvalue weighted by Crippen LogP contribution is 2.75. The highest BCUT2D eigenvalue weighted by atomic mass is 127. The molecule has 1 saturated heterocycles. The van der Waals surface area contributed by atoms with Crippen LogP contribution in [-0.2, 0) is 52.4 Å². The summed E-state index contributed by atoms with van der Waals surface area (Å²) in [4.78, 5) is 64.3. The average Bonchev–Trinajstić information content (AvgIpc) is 3.08. The highest BCUT2D eigenvalue weighted by Gasteiger charge is 2.70. The Labute approximate surface area is 340 Å². The maximum Gasteiger partial charge on any atom is 0.311 e. The molecule has 5 aliphatic carbocycles. The number of rotatable bonds is 7. The summed E-state index contributed by atoms with van der Waals surface area (Å²) in [6.45, 7) is 19.7. The largest absolute Gasteiger partial charge is 0.469 e. The monoisotopic (exact) mass is 882 g/mol. The van der Waals surface area contributed by atoms with Gasteiger partial charge in [-0.1, -0.05) is 69.7 Å². The molecule has 5 fully saturated rings. The second-order valence-electron chi connectivity index (χ2n) is 19.7. The van der Waals surface area contributed by atoms with Crippen molar-refractivity contribution in [2.24, 2.45) is 50.2 Å². The molecule has 0 aromatic heterocycles. The maximum atomic E-state index is 14.9. The second kappa shape index (κ2) is 14.6. The van der Waals surface area contributed by atoms with Gasteiger partial charge in [-0.2, -0.15) is 0 Å². The minimum atomic E-state index is -1.00. The van der Waals surface area contributed by atoms with E-state index in [0.717, 1.165) is 44.9 Å². The van der Waals surface area contributed by atoms with E-state index in [1.807, 2.05) is 13.0 Å². The number of halogens is 1. The lowest BCUT2D eigenvalue weighted by molar-refractivity contribution is -0.294. The zero-order chi connectivity index (χ0) is 40.7. The van der Waals surface area contributed by atoms with Crippen LogP contribution in [0.5, 0.6) is 0 Å². The van der Waals surface area contributed by atoms with Crippen LogP contribution in [0.15, 0.2) is 11.6 Å². The molecule has 0 radical (unpaired) electrons. The van der Waals surface area contributed by atoms with E-state index in [1.165, 1.54) is 33.5 Å². The van der Waals surface area contributed by atoms with Gasteiger partial charge in [-0.3, -0.25) is 24.0 Å². The number of alkyl halides is 1. The normalized spacial score (nSPS) is 46.0. The van der Waals surface area contributed by atoms with Crippen molar-refractivity contribution >= 4 is 52.3 Å². The van der Waals surface area contributed by atoms with Crippen LogP contribution in [0.2, 0.25) is 0 Å². The number of hydrogen-bond donors (Lipinski definition) is 0. The van der Waals surface area contributed by atoms with Crippen molar-refractivity contribution in [2.45, 2.75) is 162 Å². The van der Waals surface area contributed by atoms with Crippen molar-refractivity contribution < 1.29 is 52.4 Å². The SMILES string of the molecule is COC(=O)[C@@]1(C)CC[C@]2(C)CC[C@]3(C)C(=CC(=O)[C@@H]4[C@@]5(C)CC[C@H](O[C@H]6O[C@H](COC(C)=O)[C@H](OC(C)=O)[C@H](OC(C)=O)[C@@H]6I)C(C)(C)[C@@H]5CC[C@]43C)[C@@H]2C1. The Morgan fingerprint density at radius 1 is 0.836 bits per heavy atom. The van der Waals surface area contributed by atoms with Gasteiger partial charge in [-0.15, -0.1) is 0 Å². The molecule has 0 aromatic rings. The molecule has 0 unspecified atom stereocenters. The third-order valence-electron chi connectivity index (χ3n) is 16.1. The van der Waals surface area contributed by atoms with Crippen molar-refractivity contribution in [3.05, 3.63) is 11.6 Å². The molecule has 1 aliphatic heterocycles. The van der Waals surface area contributed by atoms with Gasteiger partial charge in [0.2, 0.25) is 0 Å². The first-order chi connectivity index (χ1) is 25.5. The van der Waals surface area contributed by atoms with Crippen molar-refractivity contribution in [1.82, 2.24) is 0 Å². The summed E-state index contributed by atoms with van der Waals surface area (Å²) in [7, 11) is 1.48. The minimum Gasteiger partial charge on any atom is -0.469 e. The molecule has 14 atom stereocenters. The van der Waals surface area contributed by atoms with Crippen molar-refractivity contribution in [3.8, 4) is 0 Å². The highest BCUT2D eigenvalue weighted by molar-refractivity contribution is 14.1. The molecular weight excluding hydrogens is 819 g/mol. The molecule has 6 rings (SSSR count). The number of carbonyl (C=O) groups excluding carboxylic acids is 5. The predicted molar refractivity (Wildman–Crippen MR) is 211 cm³/mol. The second-order valence-corrected chi connectivity index (χ2v) is 21.1. The number of hydrogen-bond acceptors (Lipinski definition) is 11. The van der Waals surface area contributed by atoms with Crippen LogP contribution in [0.1, 0.15) is 127 Å². The summed E-state index contributed by atoms with van der Waals surface area (Å²) in [5.41, 5.74) is -0.352. The van der Waals surface area contributed by atoms with Gasteiger partial charge in [0.25, 0.3) is 0 Å². The van der Waals surface area contributed by atoms with E-state index in [-0.39, 0.29) is 69.3 Å². The molecule has 0 spiro atoms. The topological polar surface area (TPSA) is 141 Å². The summed E-state index contributed by atoms with van der Waals surface area (Å²) < 4.78 is 34.8. The van der Waals surface area contributed by atoms with Crippen LogP contribution < -0.4 is 0 Å². The summed E-state index contributed by atoms with van der Waals surface area (Å²) in [6, 6.07) is 0. The Hall–Kier alpha value is -2.06. The summed E-state index contributed by atoms with van der Waals surface area (Å²) in [6.07, 6.45) is 5.97. The number of fused-ring (bicyclic) bond motifs is 7. The predicted octanol–water partition coefficient (Wildman–Crippen LogP) is 7.48. The summed E-state index contributed by atoms with van der Waals surface area (Å²) in [5, 5.41) is 0. The van der Waals surface area contributed by atoms with Crippen LogP contribution >= 0.6 is 22.6 Å². The molecule has 0 N–H and O–H groups in total. The fourth-order valence-electron chi connectivity index (χ4n) is 13.0. The van der Waals surface area contributed by atoms with E-state index < -0.39 is 51.8 Å². The zero-order valence-electron chi connectivity index (χ0n) is 34.7. The molecule has 0 amide bonds. The number of methoxy groups -OCH3 is 1. The quantitative estimate of drug-likeness (QED) is 0.0827. The van der Waals surface area contributed by atoms with Gasteiger partial charge in [-0.05, 0) is 110 Å². The zero-order valence-corrected chi connectivity index (χ0v) is 36.9. The Kier molecular flexibility index (Phi) is 11.3. The van der Waals surface area contributed by atoms with Gasteiger partial charge in [0.05, 0.1) is 18.6 Å². The third-order valence-corrected chi connectivity index (χ3v) is 17.4. The first kappa shape index (κ1) is 42.5. The van der Waals surface area contributed by atoms with Gasteiger partial charge in [0, 0.05) is 26.7 Å². The van der Waals surface area contributed by atoms with Crippen molar-refractivity contribution in [2.75, 3.05) is 13.7 Å². The Morgan fingerprint density at radius 2 is 1.47 bits per heavy atom. The first-order valence-corrected chi connectivity index (χ1v) is 21.5. The lowest BCUT2D eigenvalue weighted by Gasteiger charge is -2.70. The molecule has 6 aliphatic rings. The van der Waals surface area contributed by atoms with Gasteiger partial charge in [-0.25, -0.2) is 0 Å². The van der Waals surface area contributed by atoms with E-state index >= 15 is 0 Å². The summed E-state index contributed by atoms with van der Waals surface area (Å²) >= 11 is 2.14. The molecule has 0 aromatic carbocycles. The Morgan fingerprint density at radius 3 is 2.09 bits per heavy atom. The van der Waals surface area contributed by atoms with Gasteiger partial charge < -0.3 is 28.4 Å². The first-order valence-electron chi connectivity index (χ1n) is 20.2. The number of allylic oxidation sites excluding steroid dienone is 2. The Balaban J connectivity index is 1.29. The molecule has 11 nitrogen and oxygen atoms in total. The lowest BCUT2D eigenvalue weighted by atomic mass is 9.33. The number of esters is 4. The summed E-state index contributed by atoms with van der Waals surface area (Å²) in [5.74, 6) is -1.42. The van der Waals surface area contributed by atoms with E-state index in [0.29, 0.717) is 12.8 Å².